The van der Waals surface area contributed by atoms with Crippen molar-refractivity contribution in [3.05, 3.63) is 23.9 Å². The number of aliphatic hydroxyl groups is 1. The van der Waals surface area contributed by atoms with Gasteiger partial charge < -0.3 is 10.4 Å². The molecule has 1 atom stereocenters. The predicted octanol–water partition coefficient (Wildman–Crippen LogP) is 1.57. The summed E-state index contributed by atoms with van der Waals surface area (Å²) in [4.78, 5) is 4.10. The first-order valence-electron chi connectivity index (χ1n) is 4.09. The van der Waals surface area contributed by atoms with Gasteiger partial charge in [0.25, 0.3) is 0 Å². The minimum absolute atomic E-state index is 0.386. The number of hydrogen-bond acceptors (Lipinski definition) is 3. The first-order valence-corrected chi connectivity index (χ1v) is 4.09. The molecule has 0 aliphatic carbocycles. The lowest BCUT2D eigenvalue weighted by molar-refractivity contribution is 0.173. The fourth-order valence-corrected chi connectivity index (χ4v) is 0.986. The molecule has 0 saturated carbocycles. The van der Waals surface area contributed by atoms with Crippen LogP contribution in [0.15, 0.2) is 18.3 Å². The maximum atomic E-state index is 9.43. The number of nitrogens with one attached hydrogen (secondary N) is 1. The van der Waals surface area contributed by atoms with Crippen LogP contribution in [0.1, 0.15) is 25.0 Å². The molecule has 1 heterocycles. The summed E-state index contributed by atoms with van der Waals surface area (Å²) in [7, 11) is 1.82. The summed E-state index contributed by atoms with van der Waals surface area (Å²) in [6.07, 6.45) is 2.03. The van der Waals surface area contributed by atoms with Gasteiger partial charge in [0.05, 0.1) is 6.10 Å². The van der Waals surface area contributed by atoms with Crippen LogP contribution < -0.4 is 5.32 Å². The molecule has 0 unspecified atom stereocenters. The normalized spacial score (nSPS) is 12.6. The van der Waals surface area contributed by atoms with E-state index in [2.05, 4.69) is 10.3 Å². The van der Waals surface area contributed by atoms with E-state index in [-0.39, 0.29) is 6.10 Å². The molecule has 0 radical (unpaired) electrons. The minimum atomic E-state index is -0.386. The van der Waals surface area contributed by atoms with E-state index in [1.165, 1.54) is 0 Å². The Morgan fingerprint density at radius 3 is 2.75 bits per heavy atom. The zero-order valence-corrected chi connectivity index (χ0v) is 7.41. The van der Waals surface area contributed by atoms with Crippen LogP contribution in [0.2, 0.25) is 0 Å². The standard InChI is InChI=1S/C9H14N2O/c1-3-8(12)7-4-5-9(10-2)11-6-7/h4-6,8,12H,3H2,1-2H3,(H,10,11)/t8-/m0/s1. The van der Waals surface area contributed by atoms with Crippen LogP contribution in [-0.2, 0) is 0 Å². The van der Waals surface area contributed by atoms with Crippen molar-refractivity contribution in [2.75, 3.05) is 12.4 Å². The van der Waals surface area contributed by atoms with Crippen molar-refractivity contribution >= 4 is 5.82 Å². The van der Waals surface area contributed by atoms with Gasteiger partial charge in [0, 0.05) is 13.2 Å². The lowest BCUT2D eigenvalue weighted by Gasteiger charge is -2.07. The number of aliphatic hydroxyl groups excluding tert-OH is 1. The monoisotopic (exact) mass is 166 g/mol. The van der Waals surface area contributed by atoms with E-state index in [1.807, 2.05) is 26.1 Å². The van der Waals surface area contributed by atoms with E-state index in [9.17, 15) is 5.11 Å². The summed E-state index contributed by atoms with van der Waals surface area (Å²) >= 11 is 0. The molecule has 1 rings (SSSR count). The van der Waals surface area contributed by atoms with Gasteiger partial charge in [0.15, 0.2) is 0 Å². The third kappa shape index (κ3) is 1.95. The third-order valence-corrected chi connectivity index (χ3v) is 1.81. The summed E-state index contributed by atoms with van der Waals surface area (Å²) < 4.78 is 0. The van der Waals surface area contributed by atoms with Gasteiger partial charge in [-0.1, -0.05) is 13.0 Å². The average molecular weight is 166 g/mol. The van der Waals surface area contributed by atoms with Crippen molar-refractivity contribution in [2.45, 2.75) is 19.4 Å². The van der Waals surface area contributed by atoms with Crippen LogP contribution in [-0.4, -0.2) is 17.1 Å². The van der Waals surface area contributed by atoms with E-state index >= 15 is 0 Å². The number of pyridine rings is 1. The second-order valence-electron chi connectivity index (χ2n) is 2.65. The summed E-state index contributed by atoms with van der Waals surface area (Å²) in [5.74, 6) is 0.821. The van der Waals surface area contributed by atoms with Gasteiger partial charge in [-0.2, -0.15) is 0 Å². The summed E-state index contributed by atoms with van der Waals surface area (Å²) in [5, 5.41) is 12.4. The maximum absolute atomic E-state index is 9.43. The van der Waals surface area contributed by atoms with Crippen LogP contribution in [0.3, 0.4) is 0 Å². The number of aromatic nitrogens is 1. The molecule has 0 aliphatic heterocycles. The minimum Gasteiger partial charge on any atom is -0.388 e. The zero-order chi connectivity index (χ0) is 8.97. The fourth-order valence-electron chi connectivity index (χ4n) is 0.986. The number of hydrogen-bond donors (Lipinski definition) is 2. The van der Waals surface area contributed by atoms with Crippen LogP contribution in [0.4, 0.5) is 5.82 Å². The molecule has 12 heavy (non-hydrogen) atoms. The molecule has 0 spiro atoms. The highest BCUT2D eigenvalue weighted by Gasteiger charge is 2.03. The van der Waals surface area contributed by atoms with E-state index < -0.39 is 0 Å². The lowest BCUT2D eigenvalue weighted by atomic mass is 10.1. The van der Waals surface area contributed by atoms with E-state index in [1.54, 1.807) is 6.20 Å². The van der Waals surface area contributed by atoms with E-state index in [4.69, 9.17) is 0 Å². The molecule has 66 valence electrons. The summed E-state index contributed by atoms with van der Waals surface area (Å²) in [6, 6.07) is 3.74. The lowest BCUT2D eigenvalue weighted by Crippen LogP contribution is -1.97. The maximum Gasteiger partial charge on any atom is 0.125 e. The molecule has 0 bridgehead atoms. The van der Waals surface area contributed by atoms with Crippen molar-refractivity contribution in [3.8, 4) is 0 Å². The largest absolute Gasteiger partial charge is 0.388 e. The van der Waals surface area contributed by atoms with Crippen LogP contribution >= 0.6 is 0 Å². The van der Waals surface area contributed by atoms with Gasteiger partial charge in [-0.25, -0.2) is 4.98 Å². The molecule has 3 nitrogen and oxygen atoms in total. The number of nitrogens with zero attached hydrogens (tertiary/aromatic N) is 1. The molecule has 0 saturated heterocycles. The van der Waals surface area contributed by atoms with Crippen molar-refractivity contribution in [2.24, 2.45) is 0 Å². The first kappa shape index (κ1) is 9.00. The van der Waals surface area contributed by atoms with Crippen molar-refractivity contribution in [1.82, 2.24) is 4.98 Å². The highest BCUT2D eigenvalue weighted by atomic mass is 16.3. The Bertz CT molecular complexity index is 233. The molecule has 0 aromatic carbocycles. The SMILES string of the molecule is CC[C@H](O)c1ccc(NC)nc1. The average Bonchev–Trinajstić information content (AvgIpc) is 2.17. The van der Waals surface area contributed by atoms with Crippen molar-refractivity contribution < 1.29 is 5.11 Å². The topological polar surface area (TPSA) is 45.1 Å². The Morgan fingerprint density at radius 2 is 2.33 bits per heavy atom. The highest BCUT2D eigenvalue weighted by Crippen LogP contribution is 2.15. The van der Waals surface area contributed by atoms with Gasteiger partial charge in [-0.05, 0) is 18.1 Å². The van der Waals surface area contributed by atoms with Crippen LogP contribution in [0, 0.1) is 0 Å². The molecular formula is C9H14N2O. The van der Waals surface area contributed by atoms with Crippen LogP contribution in [0.25, 0.3) is 0 Å². The molecule has 1 aromatic rings. The molecular weight excluding hydrogens is 152 g/mol. The van der Waals surface area contributed by atoms with Crippen molar-refractivity contribution in [1.29, 1.82) is 0 Å². The number of anilines is 1. The van der Waals surface area contributed by atoms with Gasteiger partial charge in [-0.15, -0.1) is 0 Å². The number of rotatable bonds is 3. The first-order chi connectivity index (χ1) is 5.77. The van der Waals surface area contributed by atoms with Crippen molar-refractivity contribution in [3.63, 3.8) is 0 Å². The van der Waals surface area contributed by atoms with Gasteiger partial charge in [0.1, 0.15) is 5.82 Å². The van der Waals surface area contributed by atoms with Gasteiger partial charge in [0.2, 0.25) is 0 Å². The zero-order valence-electron chi connectivity index (χ0n) is 7.41. The van der Waals surface area contributed by atoms with E-state index in [0.717, 1.165) is 17.8 Å². The second-order valence-corrected chi connectivity index (χ2v) is 2.65. The molecule has 0 aliphatic rings. The molecule has 3 heteroatoms. The van der Waals surface area contributed by atoms with E-state index in [0.29, 0.717) is 0 Å². The molecule has 0 fully saturated rings. The highest BCUT2D eigenvalue weighted by molar-refractivity contribution is 5.34. The Labute approximate surface area is 72.5 Å². The Hall–Kier alpha value is -1.09. The Kier molecular flexibility index (Phi) is 3.05. The molecule has 2 N–H and O–H groups in total. The summed E-state index contributed by atoms with van der Waals surface area (Å²) in [6.45, 7) is 1.94. The Morgan fingerprint density at radius 1 is 1.58 bits per heavy atom. The molecule has 1 aromatic heterocycles. The van der Waals surface area contributed by atoms with Gasteiger partial charge in [-0.3, -0.25) is 0 Å². The Balaban J connectivity index is 2.77. The van der Waals surface area contributed by atoms with Gasteiger partial charge >= 0.3 is 0 Å². The predicted molar refractivity (Wildman–Crippen MR) is 49.0 cm³/mol. The molecule has 0 amide bonds. The quantitative estimate of drug-likeness (QED) is 0.716. The fraction of sp³-hybridized carbons (Fsp3) is 0.444. The smallest absolute Gasteiger partial charge is 0.125 e. The van der Waals surface area contributed by atoms with Crippen LogP contribution in [0.5, 0.6) is 0 Å². The summed E-state index contributed by atoms with van der Waals surface area (Å²) in [5.41, 5.74) is 0.872. The second kappa shape index (κ2) is 4.07. The third-order valence-electron chi connectivity index (χ3n) is 1.81.